The highest BCUT2D eigenvalue weighted by atomic mass is 35.5. The Kier molecular flexibility index (Phi) is 8.89. The van der Waals surface area contributed by atoms with Gasteiger partial charge in [0.15, 0.2) is 0 Å². The second-order valence-corrected chi connectivity index (χ2v) is 5.28. The highest BCUT2D eigenvalue weighted by Crippen LogP contribution is 2.16. The molecule has 0 aliphatic rings. The van der Waals surface area contributed by atoms with Crippen molar-refractivity contribution in [3.05, 3.63) is 34.9 Å². The summed E-state index contributed by atoms with van der Waals surface area (Å²) in [6, 6.07) is 8.20. The van der Waals surface area contributed by atoms with Crippen LogP contribution in [0.5, 0.6) is 0 Å². The van der Waals surface area contributed by atoms with E-state index in [0.717, 1.165) is 44.2 Å². The van der Waals surface area contributed by atoms with Gasteiger partial charge < -0.3 is 10.1 Å². The molecule has 0 amide bonds. The Morgan fingerprint density at radius 1 is 1.21 bits per heavy atom. The fourth-order valence-electron chi connectivity index (χ4n) is 2.20. The van der Waals surface area contributed by atoms with Crippen LogP contribution in [-0.4, -0.2) is 26.3 Å². The molecule has 1 aromatic rings. The predicted molar refractivity (Wildman–Crippen MR) is 82.9 cm³/mol. The molecule has 0 spiro atoms. The summed E-state index contributed by atoms with van der Waals surface area (Å²) in [6.07, 6.45) is 3.45. The van der Waals surface area contributed by atoms with Crippen LogP contribution in [0.25, 0.3) is 0 Å². The molecule has 3 heteroatoms. The van der Waals surface area contributed by atoms with Crippen molar-refractivity contribution < 1.29 is 4.74 Å². The summed E-state index contributed by atoms with van der Waals surface area (Å²) in [7, 11) is 0. The summed E-state index contributed by atoms with van der Waals surface area (Å²) in [5.41, 5.74) is 1.36. The zero-order valence-corrected chi connectivity index (χ0v) is 12.9. The molecule has 2 nitrogen and oxygen atoms in total. The maximum absolute atomic E-state index is 5.92. The van der Waals surface area contributed by atoms with Gasteiger partial charge in [-0.1, -0.05) is 30.7 Å². The number of rotatable bonds is 10. The first-order valence-electron chi connectivity index (χ1n) is 7.29. The van der Waals surface area contributed by atoms with Gasteiger partial charge in [-0.25, -0.2) is 0 Å². The first kappa shape index (κ1) is 16.5. The minimum Gasteiger partial charge on any atom is -0.382 e. The third kappa shape index (κ3) is 7.56. The molecule has 0 radical (unpaired) electrons. The van der Waals surface area contributed by atoms with Crippen LogP contribution in [0.4, 0.5) is 0 Å². The number of hydrogen-bond acceptors (Lipinski definition) is 2. The number of halogens is 1. The molecule has 0 aromatic heterocycles. The van der Waals surface area contributed by atoms with Crippen LogP contribution in [-0.2, 0) is 11.2 Å². The summed E-state index contributed by atoms with van der Waals surface area (Å²) >= 11 is 5.92. The molecule has 0 saturated carbocycles. The summed E-state index contributed by atoms with van der Waals surface area (Å²) in [4.78, 5) is 0. The van der Waals surface area contributed by atoms with Crippen molar-refractivity contribution in [3.63, 3.8) is 0 Å². The molecule has 19 heavy (non-hydrogen) atoms. The molecule has 1 aromatic carbocycles. The number of nitrogens with one attached hydrogen (secondary N) is 1. The fraction of sp³-hybridized carbons (Fsp3) is 0.625. The smallest absolute Gasteiger partial charge is 0.0466 e. The van der Waals surface area contributed by atoms with Gasteiger partial charge in [-0.05, 0) is 62.9 Å². The van der Waals surface area contributed by atoms with Gasteiger partial charge in [-0.3, -0.25) is 0 Å². The molecule has 1 N–H and O–H groups in total. The molecule has 0 bridgehead atoms. The molecule has 1 atom stereocenters. The van der Waals surface area contributed by atoms with Crippen LogP contribution in [0.3, 0.4) is 0 Å². The molecular formula is C16H26ClNO. The first-order valence-corrected chi connectivity index (χ1v) is 7.67. The molecule has 0 saturated heterocycles. The van der Waals surface area contributed by atoms with Gasteiger partial charge in [0.25, 0.3) is 0 Å². The molecule has 1 rings (SSSR count). The fourth-order valence-corrected chi connectivity index (χ4v) is 2.32. The van der Waals surface area contributed by atoms with Crippen molar-refractivity contribution in [2.45, 2.75) is 33.1 Å². The number of benzene rings is 1. The van der Waals surface area contributed by atoms with Crippen molar-refractivity contribution in [1.82, 2.24) is 5.32 Å². The lowest BCUT2D eigenvalue weighted by molar-refractivity contribution is 0.139. The summed E-state index contributed by atoms with van der Waals surface area (Å²) < 4.78 is 5.42. The van der Waals surface area contributed by atoms with E-state index < -0.39 is 0 Å². The van der Waals surface area contributed by atoms with E-state index in [2.05, 4.69) is 24.4 Å². The van der Waals surface area contributed by atoms with Crippen molar-refractivity contribution >= 4 is 11.6 Å². The van der Waals surface area contributed by atoms with Crippen molar-refractivity contribution in [3.8, 4) is 0 Å². The van der Waals surface area contributed by atoms with E-state index in [1.54, 1.807) is 0 Å². The maximum Gasteiger partial charge on any atom is 0.0466 e. The molecule has 0 fully saturated rings. The van der Waals surface area contributed by atoms with Crippen LogP contribution in [0, 0.1) is 5.92 Å². The van der Waals surface area contributed by atoms with Gasteiger partial charge >= 0.3 is 0 Å². The van der Waals surface area contributed by atoms with Crippen LogP contribution >= 0.6 is 11.6 Å². The minimum absolute atomic E-state index is 0.668. The summed E-state index contributed by atoms with van der Waals surface area (Å²) in [5.74, 6) is 0.668. The van der Waals surface area contributed by atoms with E-state index in [4.69, 9.17) is 16.3 Å². The van der Waals surface area contributed by atoms with E-state index >= 15 is 0 Å². The second kappa shape index (κ2) is 10.2. The monoisotopic (exact) mass is 283 g/mol. The SMILES string of the molecule is CCNCC(CCCOCC)Cc1ccc(Cl)cc1. The Morgan fingerprint density at radius 3 is 2.58 bits per heavy atom. The highest BCUT2D eigenvalue weighted by Gasteiger charge is 2.09. The van der Waals surface area contributed by atoms with Crippen molar-refractivity contribution in [2.24, 2.45) is 5.92 Å². The van der Waals surface area contributed by atoms with Crippen LogP contribution < -0.4 is 5.32 Å². The van der Waals surface area contributed by atoms with E-state index in [0.29, 0.717) is 5.92 Å². The highest BCUT2D eigenvalue weighted by molar-refractivity contribution is 6.30. The van der Waals surface area contributed by atoms with Gasteiger partial charge in [-0.15, -0.1) is 0 Å². The maximum atomic E-state index is 5.92. The molecule has 1 unspecified atom stereocenters. The molecule has 0 aliphatic heterocycles. The third-order valence-electron chi connectivity index (χ3n) is 3.23. The predicted octanol–water partition coefficient (Wildman–Crippen LogP) is 3.92. The third-order valence-corrected chi connectivity index (χ3v) is 3.48. The lowest BCUT2D eigenvalue weighted by atomic mass is 9.95. The first-order chi connectivity index (χ1) is 9.26. The standard InChI is InChI=1S/C16H26ClNO/c1-3-18-13-15(6-5-11-19-4-2)12-14-7-9-16(17)10-8-14/h7-10,15,18H,3-6,11-13H2,1-2H3. The van der Waals surface area contributed by atoms with Crippen molar-refractivity contribution in [1.29, 1.82) is 0 Å². The number of hydrogen-bond donors (Lipinski definition) is 1. The molecule has 0 aliphatic carbocycles. The van der Waals surface area contributed by atoms with Crippen molar-refractivity contribution in [2.75, 3.05) is 26.3 Å². The molecule has 108 valence electrons. The zero-order valence-electron chi connectivity index (χ0n) is 12.1. The Balaban J connectivity index is 2.41. The topological polar surface area (TPSA) is 21.3 Å². The van der Waals surface area contributed by atoms with E-state index in [1.807, 2.05) is 19.1 Å². The largest absolute Gasteiger partial charge is 0.382 e. The van der Waals surface area contributed by atoms with Gasteiger partial charge in [-0.2, -0.15) is 0 Å². The lowest BCUT2D eigenvalue weighted by Gasteiger charge is -2.17. The summed E-state index contributed by atoms with van der Waals surface area (Å²) in [5, 5.41) is 4.26. The lowest BCUT2D eigenvalue weighted by Crippen LogP contribution is -2.24. The Bertz CT molecular complexity index is 326. The van der Waals surface area contributed by atoms with Crippen LogP contribution in [0.1, 0.15) is 32.3 Å². The van der Waals surface area contributed by atoms with Gasteiger partial charge in [0.05, 0.1) is 0 Å². The Labute approximate surface area is 122 Å². The van der Waals surface area contributed by atoms with E-state index in [9.17, 15) is 0 Å². The Morgan fingerprint density at radius 2 is 1.95 bits per heavy atom. The quantitative estimate of drug-likeness (QED) is 0.657. The van der Waals surface area contributed by atoms with Gasteiger partial charge in [0.1, 0.15) is 0 Å². The van der Waals surface area contributed by atoms with Gasteiger partial charge in [0, 0.05) is 18.2 Å². The summed E-state index contributed by atoms with van der Waals surface area (Å²) in [6.45, 7) is 7.99. The zero-order chi connectivity index (χ0) is 13.9. The average Bonchev–Trinajstić information content (AvgIpc) is 2.43. The average molecular weight is 284 g/mol. The van der Waals surface area contributed by atoms with Gasteiger partial charge in [0.2, 0.25) is 0 Å². The molecule has 0 heterocycles. The normalized spacial score (nSPS) is 12.6. The second-order valence-electron chi connectivity index (χ2n) is 4.84. The van der Waals surface area contributed by atoms with Crippen LogP contribution in [0.2, 0.25) is 5.02 Å². The van der Waals surface area contributed by atoms with E-state index in [-0.39, 0.29) is 0 Å². The number of ether oxygens (including phenoxy) is 1. The van der Waals surface area contributed by atoms with Crippen LogP contribution in [0.15, 0.2) is 24.3 Å². The Hall–Kier alpha value is -0.570. The minimum atomic E-state index is 0.668. The molecular weight excluding hydrogens is 258 g/mol. The van der Waals surface area contributed by atoms with E-state index in [1.165, 1.54) is 12.0 Å².